The second kappa shape index (κ2) is 4.90. The lowest BCUT2D eigenvalue weighted by molar-refractivity contribution is -0.384. The van der Waals surface area contributed by atoms with E-state index in [9.17, 15) is 10.1 Å². The highest BCUT2D eigenvalue weighted by molar-refractivity contribution is 5.83. The molecule has 6 heteroatoms. The summed E-state index contributed by atoms with van der Waals surface area (Å²) >= 11 is 0. The van der Waals surface area contributed by atoms with Crippen LogP contribution >= 0.6 is 0 Å². The molecular weight excluding hydrogens is 270 g/mol. The second-order valence-corrected chi connectivity index (χ2v) is 4.62. The third kappa shape index (κ3) is 2.10. The van der Waals surface area contributed by atoms with Crippen molar-refractivity contribution in [3.8, 4) is 17.1 Å². The molecular formula is C15H13N3O3. The van der Waals surface area contributed by atoms with Gasteiger partial charge in [0.1, 0.15) is 11.6 Å². The molecule has 6 nitrogen and oxygen atoms in total. The van der Waals surface area contributed by atoms with Crippen molar-refractivity contribution in [2.24, 2.45) is 7.05 Å². The number of hydrogen-bond donors (Lipinski definition) is 0. The van der Waals surface area contributed by atoms with Gasteiger partial charge in [-0.1, -0.05) is 12.1 Å². The number of aromatic nitrogens is 2. The highest BCUT2D eigenvalue weighted by atomic mass is 16.6. The van der Waals surface area contributed by atoms with Crippen LogP contribution < -0.4 is 4.74 Å². The zero-order chi connectivity index (χ0) is 15.0. The summed E-state index contributed by atoms with van der Waals surface area (Å²) in [5, 5.41) is 10.9. The molecule has 0 amide bonds. The molecule has 0 unspecified atom stereocenters. The van der Waals surface area contributed by atoms with Crippen LogP contribution in [0.25, 0.3) is 22.4 Å². The minimum atomic E-state index is -0.420. The van der Waals surface area contributed by atoms with Crippen molar-refractivity contribution in [2.75, 3.05) is 7.11 Å². The summed E-state index contributed by atoms with van der Waals surface area (Å²) < 4.78 is 7.25. The number of hydrogen-bond acceptors (Lipinski definition) is 4. The molecule has 3 rings (SSSR count). The van der Waals surface area contributed by atoms with Crippen molar-refractivity contribution in [3.05, 3.63) is 52.6 Å². The van der Waals surface area contributed by atoms with Gasteiger partial charge < -0.3 is 9.30 Å². The minimum Gasteiger partial charge on any atom is -0.496 e. The number of imidazole rings is 1. The van der Waals surface area contributed by atoms with E-state index in [4.69, 9.17) is 4.74 Å². The molecule has 21 heavy (non-hydrogen) atoms. The number of fused-ring (bicyclic) bond motifs is 1. The first-order chi connectivity index (χ1) is 10.1. The summed E-state index contributed by atoms with van der Waals surface area (Å²) in [4.78, 5) is 15.0. The van der Waals surface area contributed by atoms with Gasteiger partial charge >= 0.3 is 0 Å². The molecule has 0 N–H and O–H groups in total. The summed E-state index contributed by atoms with van der Waals surface area (Å²) in [6, 6.07) is 12.2. The Morgan fingerprint density at radius 2 is 2.00 bits per heavy atom. The third-order valence-corrected chi connectivity index (χ3v) is 3.42. The van der Waals surface area contributed by atoms with Crippen LogP contribution in [0, 0.1) is 10.1 Å². The van der Waals surface area contributed by atoms with Crippen molar-refractivity contribution < 1.29 is 9.66 Å². The number of non-ortho nitro benzene ring substituents is 1. The lowest BCUT2D eigenvalue weighted by atomic mass is 10.2. The molecule has 1 heterocycles. The van der Waals surface area contributed by atoms with Crippen LogP contribution in [0.15, 0.2) is 42.5 Å². The van der Waals surface area contributed by atoms with Crippen molar-refractivity contribution in [3.63, 3.8) is 0 Å². The fourth-order valence-electron chi connectivity index (χ4n) is 2.37. The number of ether oxygens (including phenoxy) is 1. The van der Waals surface area contributed by atoms with Gasteiger partial charge in [-0.15, -0.1) is 0 Å². The van der Waals surface area contributed by atoms with Gasteiger partial charge in [0.2, 0.25) is 0 Å². The van der Waals surface area contributed by atoms with E-state index in [1.807, 2.05) is 35.9 Å². The Bertz CT molecular complexity index is 839. The van der Waals surface area contributed by atoms with E-state index in [0.717, 1.165) is 11.1 Å². The van der Waals surface area contributed by atoms with Gasteiger partial charge in [0.05, 0.1) is 28.6 Å². The number of nitro benzene ring substituents is 1. The summed E-state index contributed by atoms with van der Waals surface area (Å²) in [5.41, 5.74) is 2.31. The van der Waals surface area contributed by atoms with Gasteiger partial charge in [-0.2, -0.15) is 0 Å². The Balaban J connectivity index is 2.24. The molecule has 106 valence electrons. The molecule has 0 bridgehead atoms. The second-order valence-electron chi connectivity index (χ2n) is 4.62. The molecule has 2 aromatic carbocycles. The molecule has 0 saturated carbocycles. The van der Waals surface area contributed by atoms with E-state index in [-0.39, 0.29) is 5.69 Å². The van der Waals surface area contributed by atoms with Crippen molar-refractivity contribution in [1.82, 2.24) is 9.55 Å². The van der Waals surface area contributed by atoms with Crippen LogP contribution in [-0.2, 0) is 7.05 Å². The Morgan fingerprint density at radius 3 is 2.71 bits per heavy atom. The average molecular weight is 283 g/mol. The Kier molecular flexibility index (Phi) is 3.06. The van der Waals surface area contributed by atoms with Gasteiger partial charge in [0.25, 0.3) is 5.69 Å². The maximum Gasteiger partial charge on any atom is 0.271 e. The molecule has 1 aromatic heterocycles. The Hall–Kier alpha value is -2.89. The number of para-hydroxylation sites is 1. The average Bonchev–Trinajstić information content (AvgIpc) is 2.83. The van der Waals surface area contributed by atoms with Gasteiger partial charge in [-0.05, 0) is 18.2 Å². The van der Waals surface area contributed by atoms with Crippen LogP contribution in [0.2, 0.25) is 0 Å². The fraction of sp³-hybridized carbons (Fsp3) is 0.133. The zero-order valence-corrected chi connectivity index (χ0v) is 11.6. The molecule has 0 aliphatic carbocycles. The van der Waals surface area contributed by atoms with Crippen LogP contribution in [0.5, 0.6) is 5.75 Å². The van der Waals surface area contributed by atoms with Gasteiger partial charge in [-0.25, -0.2) is 4.98 Å². The van der Waals surface area contributed by atoms with E-state index >= 15 is 0 Å². The van der Waals surface area contributed by atoms with Crippen molar-refractivity contribution >= 4 is 16.7 Å². The highest BCUT2D eigenvalue weighted by Crippen LogP contribution is 2.31. The first-order valence-electron chi connectivity index (χ1n) is 6.36. The standard InChI is InChI=1S/C15H13N3O3/c1-17-13-8-7-10(18(19)20)9-12(13)16-15(17)11-5-3-4-6-14(11)21-2/h3-9H,1-2H3. The minimum absolute atomic E-state index is 0.0344. The summed E-state index contributed by atoms with van der Waals surface area (Å²) in [6.07, 6.45) is 0. The highest BCUT2D eigenvalue weighted by Gasteiger charge is 2.16. The van der Waals surface area contributed by atoms with Crippen LogP contribution in [0.3, 0.4) is 0 Å². The Labute approximate surface area is 120 Å². The van der Waals surface area contributed by atoms with Crippen molar-refractivity contribution in [2.45, 2.75) is 0 Å². The topological polar surface area (TPSA) is 70.2 Å². The van der Waals surface area contributed by atoms with Crippen molar-refractivity contribution in [1.29, 1.82) is 0 Å². The summed E-state index contributed by atoms with van der Waals surface area (Å²) in [6.45, 7) is 0. The molecule has 0 fully saturated rings. The number of nitrogens with zero attached hydrogens (tertiary/aromatic N) is 3. The monoisotopic (exact) mass is 283 g/mol. The maximum absolute atomic E-state index is 10.9. The van der Waals surface area contributed by atoms with Gasteiger partial charge in [0, 0.05) is 19.2 Å². The molecule has 0 spiro atoms. The lowest BCUT2D eigenvalue weighted by Crippen LogP contribution is -1.95. The SMILES string of the molecule is COc1ccccc1-c1nc2cc([N+](=O)[O-])ccc2n1C. The third-order valence-electron chi connectivity index (χ3n) is 3.42. The normalized spacial score (nSPS) is 10.8. The zero-order valence-electron chi connectivity index (χ0n) is 11.6. The number of methoxy groups -OCH3 is 1. The molecule has 0 aliphatic heterocycles. The first kappa shape index (κ1) is 13.1. The maximum atomic E-state index is 10.9. The molecule has 0 saturated heterocycles. The van der Waals surface area contributed by atoms with Crippen LogP contribution in [0.4, 0.5) is 5.69 Å². The largest absolute Gasteiger partial charge is 0.496 e. The smallest absolute Gasteiger partial charge is 0.271 e. The fourth-order valence-corrected chi connectivity index (χ4v) is 2.37. The van der Waals surface area contributed by atoms with Crippen LogP contribution in [-0.4, -0.2) is 21.6 Å². The quantitative estimate of drug-likeness (QED) is 0.547. The molecule has 0 aliphatic rings. The van der Waals surface area contributed by atoms with E-state index in [2.05, 4.69) is 4.98 Å². The van der Waals surface area contributed by atoms with Crippen LogP contribution in [0.1, 0.15) is 0 Å². The van der Waals surface area contributed by atoms with E-state index in [1.54, 1.807) is 13.2 Å². The number of nitro groups is 1. The van der Waals surface area contributed by atoms with Gasteiger partial charge in [-0.3, -0.25) is 10.1 Å². The number of benzene rings is 2. The van der Waals surface area contributed by atoms with Gasteiger partial charge in [0.15, 0.2) is 0 Å². The number of aryl methyl sites for hydroxylation is 1. The summed E-state index contributed by atoms with van der Waals surface area (Å²) in [5.74, 6) is 1.42. The van der Waals surface area contributed by atoms with E-state index in [0.29, 0.717) is 17.1 Å². The Morgan fingerprint density at radius 1 is 1.24 bits per heavy atom. The molecule has 0 atom stereocenters. The number of rotatable bonds is 3. The van der Waals surface area contributed by atoms with E-state index < -0.39 is 4.92 Å². The lowest BCUT2D eigenvalue weighted by Gasteiger charge is -2.07. The molecule has 0 radical (unpaired) electrons. The predicted molar refractivity (Wildman–Crippen MR) is 79.4 cm³/mol. The summed E-state index contributed by atoms with van der Waals surface area (Å²) in [7, 11) is 3.48. The molecule has 3 aromatic rings. The predicted octanol–water partition coefficient (Wildman–Crippen LogP) is 3.16. The first-order valence-corrected chi connectivity index (χ1v) is 6.36. The van der Waals surface area contributed by atoms with E-state index in [1.165, 1.54) is 12.1 Å².